The molecule has 1 heterocycles. The van der Waals surface area contributed by atoms with Crippen molar-refractivity contribution < 1.29 is 18.7 Å². The first kappa shape index (κ1) is 23.5. The minimum absolute atomic E-state index is 0.0117. The number of rotatable bonds is 6. The van der Waals surface area contributed by atoms with E-state index in [2.05, 4.69) is 5.10 Å². The van der Waals surface area contributed by atoms with Crippen molar-refractivity contribution >= 4 is 17.6 Å². The number of ether oxygens (including phenoxy) is 2. The van der Waals surface area contributed by atoms with Gasteiger partial charge in [-0.15, -0.1) is 0 Å². The maximum Gasteiger partial charge on any atom is 0.304 e. The second kappa shape index (κ2) is 9.94. The molecule has 0 aliphatic carbocycles. The molecule has 10 heteroatoms. The molecule has 3 aromatic rings. The molecule has 0 bridgehead atoms. The normalized spacial score (nSPS) is 10.2. The van der Waals surface area contributed by atoms with E-state index in [1.165, 1.54) is 43.3 Å². The zero-order valence-electron chi connectivity index (χ0n) is 17.6. The van der Waals surface area contributed by atoms with E-state index in [4.69, 9.17) is 31.6 Å². The van der Waals surface area contributed by atoms with Crippen molar-refractivity contribution in [3.05, 3.63) is 85.5 Å². The van der Waals surface area contributed by atoms with Crippen LogP contribution in [0, 0.1) is 35.4 Å². The van der Waals surface area contributed by atoms with Crippen LogP contribution in [0.25, 0.3) is 0 Å². The van der Waals surface area contributed by atoms with Crippen molar-refractivity contribution in [2.75, 3.05) is 0 Å². The first-order valence-electron chi connectivity index (χ1n) is 9.53. The van der Waals surface area contributed by atoms with Crippen LogP contribution in [0.3, 0.4) is 0 Å². The van der Waals surface area contributed by atoms with Gasteiger partial charge < -0.3 is 9.47 Å². The van der Waals surface area contributed by atoms with Gasteiger partial charge in [-0.25, -0.2) is 4.39 Å². The zero-order chi connectivity index (χ0) is 24.1. The molecule has 0 atom stereocenters. The van der Waals surface area contributed by atoms with Gasteiger partial charge in [0.15, 0.2) is 18.3 Å². The molecule has 0 fully saturated rings. The largest absolute Gasteiger partial charge is 0.453 e. The summed E-state index contributed by atoms with van der Waals surface area (Å²) in [4.78, 5) is 23.3. The van der Waals surface area contributed by atoms with E-state index < -0.39 is 17.3 Å². The molecule has 8 nitrogen and oxygen atoms in total. The summed E-state index contributed by atoms with van der Waals surface area (Å²) >= 11 is 6.14. The second-order valence-electron chi connectivity index (χ2n) is 6.99. The molecular weight excluding hydrogens is 451 g/mol. The number of esters is 1. The Morgan fingerprint density at radius 3 is 2.45 bits per heavy atom. The lowest BCUT2D eigenvalue weighted by Crippen LogP contribution is -2.28. The average Bonchev–Trinajstić information content (AvgIpc) is 2.79. The Balaban J connectivity index is 1.96. The molecule has 0 radical (unpaired) electrons. The monoisotopic (exact) mass is 466 g/mol. The smallest absolute Gasteiger partial charge is 0.304 e. The van der Waals surface area contributed by atoms with Gasteiger partial charge in [0.05, 0.1) is 34.0 Å². The molecule has 166 valence electrons. The van der Waals surface area contributed by atoms with Crippen molar-refractivity contribution in [1.29, 1.82) is 10.5 Å². The van der Waals surface area contributed by atoms with E-state index >= 15 is 4.39 Å². The lowest BCUT2D eigenvalue weighted by atomic mass is 10.1. The molecule has 0 amide bonds. The fourth-order valence-electron chi connectivity index (χ4n) is 2.97. The van der Waals surface area contributed by atoms with Gasteiger partial charge >= 0.3 is 5.97 Å². The molecule has 0 spiro atoms. The van der Waals surface area contributed by atoms with Crippen molar-refractivity contribution in [3.63, 3.8) is 0 Å². The maximum atomic E-state index is 15.3. The lowest BCUT2D eigenvalue weighted by molar-refractivity contribution is -0.145. The number of hydrogen-bond acceptors (Lipinski definition) is 7. The predicted molar refractivity (Wildman–Crippen MR) is 115 cm³/mol. The van der Waals surface area contributed by atoms with Crippen LogP contribution >= 0.6 is 11.6 Å². The lowest BCUT2D eigenvalue weighted by Gasteiger charge is -2.13. The topological polar surface area (TPSA) is 118 Å². The molecule has 2 aromatic carbocycles. The van der Waals surface area contributed by atoms with E-state index in [-0.39, 0.29) is 46.4 Å². The fraction of sp³-hybridized carbons (Fsp3) is 0.174. The molecule has 1 aromatic heterocycles. The van der Waals surface area contributed by atoms with Crippen molar-refractivity contribution in [3.8, 4) is 23.6 Å². The third-order valence-corrected chi connectivity index (χ3v) is 4.78. The molecule has 0 unspecified atom stereocenters. The molecule has 0 saturated heterocycles. The minimum Gasteiger partial charge on any atom is -0.453 e. The van der Waals surface area contributed by atoms with E-state index in [9.17, 15) is 9.59 Å². The van der Waals surface area contributed by atoms with Gasteiger partial charge in [0.2, 0.25) is 0 Å². The summed E-state index contributed by atoms with van der Waals surface area (Å²) in [6.07, 6.45) is -0.0117. The van der Waals surface area contributed by atoms with E-state index in [0.717, 1.165) is 4.68 Å². The van der Waals surface area contributed by atoms with Crippen molar-refractivity contribution in [1.82, 2.24) is 9.78 Å². The summed E-state index contributed by atoms with van der Waals surface area (Å²) in [5.41, 5.74) is 0.778. The maximum absolute atomic E-state index is 15.3. The fourth-order valence-corrected chi connectivity index (χ4v) is 3.16. The van der Waals surface area contributed by atoms with Crippen LogP contribution in [-0.4, -0.2) is 15.7 Å². The molecule has 0 saturated carbocycles. The number of halogens is 2. The van der Waals surface area contributed by atoms with Crippen LogP contribution in [0.1, 0.15) is 34.9 Å². The first-order valence-corrected chi connectivity index (χ1v) is 9.90. The number of carbonyl (C=O) groups excluding carboxylic acids is 1. The van der Waals surface area contributed by atoms with Crippen molar-refractivity contribution in [2.45, 2.75) is 27.0 Å². The Kier molecular flexibility index (Phi) is 7.07. The van der Waals surface area contributed by atoms with Gasteiger partial charge in [-0.1, -0.05) is 17.7 Å². The van der Waals surface area contributed by atoms with Crippen molar-refractivity contribution in [2.24, 2.45) is 0 Å². The number of aryl methyl sites for hydroxylation is 1. The van der Waals surface area contributed by atoms with Gasteiger partial charge in [-0.3, -0.25) is 9.59 Å². The van der Waals surface area contributed by atoms with Gasteiger partial charge in [0, 0.05) is 18.9 Å². The van der Waals surface area contributed by atoms with Gasteiger partial charge in [-0.05, 0) is 42.8 Å². The summed E-state index contributed by atoms with van der Waals surface area (Å²) in [6, 6.07) is 12.3. The van der Waals surface area contributed by atoms with Crippen LogP contribution in [0.2, 0.25) is 5.02 Å². The third kappa shape index (κ3) is 5.53. The molecular formula is C23H16ClFN4O4. The van der Waals surface area contributed by atoms with Crippen LogP contribution in [0.5, 0.6) is 11.5 Å². The Hall–Kier alpha value is -4.21. The summed E-state index contributed by atoms with van der Waals surface area (Å²) in [5.74, 6) is -1.54. The van der Waals surface area contributed by atoms with Gasteiger partial charge in [0.1, 0.15) is 5.75 Å². The highest BCUT2D eigenvalue weighted by Gasteiger charge is 2.17. The zero-order valence-corrected chi connectivity index (χ0v) is 18.3. The highest BCUT2D eigenvalue weighted by Crippen LogP contribution is 2.35. The first-order chi connectivity index (χ1) is 15.7. The predicted octanol–water partition coefficient (Wildman–Crippen LogP) is 3.99. The number of nitriles is 2. The quantitative estimate of drug-likeness (QED) is 0.504. The molecule has 0 N–H and O–H groups in total. The summed E-state index contributed by atoms with van der Waals surface area (Å²) < 4.78 is 26.7. The number of benzene rings is 2. The van der Waals surface area contributed by atoms with E-state index in [1.54, 1.807) is 6.92 Å². The third-order valence-electron chi connectivity index (χ3n) is 4.48. The van der Waals surface area contributed by atoms with Gasteiger partial charge in [0.25, 0.3) is 5.56 Å². The SMILES string of the molecule is CC(=O)OCn1nc(Cc2ccc(Cl)c(Oc3cc(C#N)cc(C#N)c3)c2F)cc(C)c1=O. The van der Waals surface area contributed by atoms with E-state index in [1.807, 2.05) is 12.1 Å². The van der Waals surface area contributed by atoms with E-state index in [0.29, 0.717) is 11.3 Å². The standard InChI is InChI=1S/C23H16ClFN4O4/c1-13-5-18(28-29(23(13)31)12-32-14(2)30)9-17-3-4-20(24)22(21(17)25)33-19-7-15(10-26)6-16(8-19)11-27/h3-8H,9,12H2,1-2H3. The number of hydrogen-bond donors (Lipinski definition) is 0. The Morgan fingerprint density at radius 1 is 1.18 bits per heavy atom. The number of nitrogens with zero attached hydrogens (tertiary/aromatic N) is 4. The molecule has 0 aliphatic rings. The number of carbonyl (C=O) groups is 1. The Morgan fingerprint density at radius 2 is 1.85 bits per heavy atom. The van der Waals surface area contributed by atoms with Crippen LogP contribution in [-0.2, 0) is 22.7 Å². The second-order valence-corrected chi connectivity index (χ2v) is 7.39. The molecule has 33 heavy (non-hydrogen) atoms. The summed E-state index contributed by atoms with van der Waals surface area (Å²) in [6.45, 7) is 2.41. The Bertz CT molecular complexity index is 1360. The summed E-state index contributed by atoms with van der Waals surface area (Å²) in [7, 11) is 0. The van der Waals surface area contributed by atoms with Crippen LogP contribution in [0.15, 0.2) is 41.2 Å². The highest BCUT2D eigenvalue weighted by molar-refractivity contribution is 6.32. The van der Waals surface area contributed by atoms with Gasteiger partial charge in [-0.2, -0.15) is 20.3 Å². The van der Waals surface area contributed by atoms with Crippen LogP contribution in [0.4, 0.5) is 4.39 Å². The minimum atomic E-state index is -0.763. The summed E-state index contributed by atoms with van der Waals surface area (Å²) in [5, 5.41) is 22.4. The number of aromatic nitrogens is 2. The molecule has 0 aliphatic heterocycles. The van der Waals surface area contributed by atoms with Crippen LogP contribution < -0.4 is 10.3 Å². The average molecular weight is 467 g/mol. The Labute approximate surface area is 193 Å². The molecule has 3 rings (SSSR count). The highest BCUT2D eigenvalue weighted by atomic mass is 35.5.